The second-order valence-corrected chi connectivity index (χ2v) is 6.56. The molecule has 0 aliphatic rings. The van der Waals surface area contributed by atoms with Crippen molar-refractivity contribution in [2.45, 2.75) is 0 Å². The van der Waals surface area contributed by atoms with E-state index in [0.29, 0.717) is 16.6 Å². The lowest BCUT2D eigenvalue weighted by Crippen LogP contribution is -2.07. The minimum absolute atomic E-state index is 0.263. The first kappa shape index (κ1) is 19.4. The highest BCUT2D eigenvalue weighted by Gasteiger charge is 2.08. The van der Waals surface area contributed by atoms with Crippen molar-refractivity contribution in [3.8, 4) is 28.5 Å². The summed E-state index contributed by atoms with van der Waals surface area (Å²) in [5.74, 6) is 1.74. The van der Waals surface area contributed by atoms with E-state index < -0.39 is 0 Å². The number of anilines is 1. The van der Waals surface area contributed by atoms with Crippen LogP contribution in [-0.4, -0.2) is 32.2 Å². The summed E-state index contributed by atoms with van der Waals surface area (Å²) in [7, 11) is 4.77. The maximum absolute atomic E-state index is 12.2. The summed E-state index contributed by atoms with van der Waals surface area (Å²) in [5, 5.41) is 5.20. The maximum Gasteiger partial charge on any atom is 0.250 e. The Bertz CT molecular complexity index is 998. The lowest BCUT2D eigenvalue weighted by atomic mass is 10.2. The number of ether oxygens (including phenoxy) is 3. The molecule has 0 radical (unpaired) electrons. The van der Waals surface area contributed by atoms with Crippen molar-refractivity contribution in [2.24, 2.45) is 0 Å². The number of rotatable bonds is 7. The number of thiazole rings is 1. The number of aromatic nitrogens is 1. The molecule has 0 spiro atoms. The molecule has 2 aromatic carbocycles. The fourth-order valence-corrected chi connectivity index (χ4v) is 3.24. The van der Waals surface area contributed by atoms with Gasteiger partial charge in [0.25, 0.3) is 0 Å². The van der Waals surface area contributed by atoms with E-state index in [9.17, 15) is 4.79 Å². The molecule has 3 aromatic rings. The van der Waals surface area contributed by atoms with Crippen LogP contribution < -0.4 is 19.5 Å². The molecule has 1 N–H and O–H groups in total. The number of amides is 1. The number of carbonyl (C=O) groups is 1. The third-order valence-electron chi connectivity index (χ3n) is 3.93. The van der Waals surface area contributed by atoms with Crippen molar-refractivity contribution in [1.82, 2.24) is 4.98 Å². The van der Waals surface area contributed by atoms with E-state index in [4.69, 9.17) is 14.2 Å². The van der Waals surface area contributed by atoms with E-state index >= 15 is 0 Å². The Morgan fingerprint density at radius 2 is 1.86 bits per heavy atom. The lowest BCUT2D eigenvalue weighted by molar-refractivity contribution is -0.111. The highest BCUT2D eigenvalue weighted by Crippen LogP contribution is 2.29. The molecule has 7 heteroatoms. The first-order valence-corrected chi connectivity index (χ1v) is 9.32. The van der Waals surface area contributed by atoms with Crippen LogP contribution in [0.3, 0.4) is 0 Å². The Kier molecular flexibility index (Phi) is 6.29. The minimum atomic E-state index is -0.263. The van der Waals surface area contributed by atoms with Gasteiger partial charge in [-0.3, -0.25) is 10.1 Å². The predicted octanol–water partition coefficient (Wildman–Crippen LogP) is 4.49. The molecule has 0 saturated carbocycles. The van der Waals surface area contributed by atoms with Gasteiger partial charge in [-0.15, -0.1) is 11.3 Å². The van der Waals surface area contributed by atoms with Crippen LogP contribution in [0.5, 0.6) is 17.2 Å². The first-order valence-electron chi connectivity index (χ1n) is 8.44. The second-order valence-electron chi connectivity index (χ2n) is 5.71. The summed E-state index contributed by atoms with van der Waals surface area (Å²) in [6, 6.07) is 13.0. The van der Waals surface area contributed by atoms with Gasteiger partial charge in [-0.2, -0.15) is 0 Å². The van der Waals surface area contributed by atoms with Crippen LogP contribution in [0.25, 0.3) is 17.3 Å². The highest BCUT2D eigenvalue weighted by molar-refractivity contribution is 7.14. The van der Waals surface area contributed by atoms with Gasteiger partial charge in [-0.1, -0.05) is 18.2 Å². The van der Waals surface area contributed by atoms with E-state index in [0.717, 1.165) is 22.6 Å². The number of hydrogen-bond donors (Lipinski definition) is 1. The Morgan fingerprint density at radius 3 is 2.61 bits per heavy atom. The maximum atomic E-state index is 12.2. The zero-order valence-corrected chi connectivity index (χ0v) is 16.6. The van der Waals surface area contributed by atoms with Gasteiger partial charge in [0.15, 0.2) is 16.6 Å². The Hall–Kier alpha value is -3.32. The quantitative estimate of drug-likeness (QED) is 0.596. The van der Waals surface area contributed by atoms with Crippen molar-refractivity contribution in [3.05, 3.63) is 59.5 Å². The number of nitrogens with zero attached hydrogens (tertiary/aromatic N) is 1. The number of hydrogen-bond acceptors (Lipinski definition) is 6. The first-order chi connectivity index (χ1) is 13.6. The molecule has 144 valence electrons. The molecule has 0 fully saturated rings. The van der Waals surface area contributed by atoms with Gasteiger partial charge in [0.05, 0.1) is 27.0 Å². The van der Waals surface area contributed by atoms with E-state index in [-0.39, 0.29) is 5.91 Å². The molecule has 0 atom stereocenters. The second kappa shape index (κ2) is 9.05. The average molecular weight is 396 g/mol. The molecule has 6 nitrogen and oxygen atoms in total. The minimum Gasteiger partial charge on any atom is -0.497 e. The normalized spacial score (nSPS) is 10.7. The summed E-state index contributed by atoms with van der Waals surface area (Å²) < 4.78 is 15.7. The van der Waals surface area contributed by atoms with Crippen LogP contribution in [-0.2, 0) is 4.79 Å². The zero-order valence-electron chi connectivity index (χ0n) is 15.8. The Labute approximate surface area is 167 Å². The van der Waals surface area contributed by atoms with Crippen molar-refractivity contribution in [2.75, 3.05) is 26.6 Å². The predicted molar refractivity (Wildman–Crippen MR) is 111 cm³/mol. The molecule has 0 aliphatic carbocycles. The number of carbonyl (C=O) groups excluding carboxylic acids is 1. The zero-order chi connectivity index (χ0) is 19.9. The molecular weight excluding hydrogens is 376 g/mol. The van der Waals surface area contributed by atoms with Crippen LogP contribution in [0.2, 0.25) is 0 Å². The van der Waals surface area contributed by atoms with Gasteiger partial charge in [-0.25, -0.2) is 4.98 Å². The van der Waals surface area contributed by atoms with Gasteiger partial charge in [0.1, 0.15) is 5.75 Å². The van der Waals surface area contributed by atoms with E-state index in [2.05, 4.69) is 10.3 Å². The highest BCUT2D eigenvalue weighted by atomic mass is 32.1. The van der Waals surface area contributed by atoms with Gasteiger partial charge in [-0.05, 0) is 35.9 Å². The van der Waals surface area contributed by atoms with Crippen LogP contribution in [0.1, 0.15) is 5.56 Å². The SMILES string of the molecule is COc1cccc(-c2csc(NC(=O)C=Cc3ccc(OC)c(OC)c3)n2)c1. The molecule has 0 unspecified atom stereocenters. The summed E-state index contributed by atoms with van der Waals surface area (Å²) >= 11 is 1.36. The van der Waals surface area contributed by atoms with Crippen molar-refractivity contribution >= 4 is 28.5 Å². The molecule has 0 bridgehead atoms. The molecule has 1 aromatic heterocycles. The third kappa shape index (κ3) is 4.69. The molecular formula is C21H20N2O4S. The molecule has 0 aliphatic heterocycles. The fraction of sp³-hybridized carbons (Fsp3) is 0.143. The van der Waals surface area contributed by atoms with Crippen molar-refractivity contribution in [1.29, 1.82) is 0 Å². The molecule has 3 rings (SSSR count). The third-order valence-corrected chi connectivity index (χ3v) is 4.69. The Balaban J connectivity index is 1.67. The van der Waals surface area contributed by atoms with Gasteiger partial charge < -0.3 is 14.2 Å². The van der Waals surface area contributed by atoms with Gasteiger partial charge in [0, 0.05) is 17.0 Å². The molecule has 1 heterocycles. The smallest absolute Gasteiger partial charge is 0.250 e. The van der Waals surface area contributed by atoms with Crippen LogP contribution >= 0.6 is 11.3 Å². The monoisotopic (exact) mass is 396 g/mol. The van der Waals surface area contributed by atoms with Crippen LogP contribution in [0.15, 0.2) is 53.9 Å². The standard InChI is InChI=1S/C21H20N2O4S/c1-25-16-6-4-5-15(12-16)17-13-28-21(22-17)23-20(24)10-8-14-7-9-18(26-2)19(11-14)27-3/h4-13H,1-3H3,(H,22,23,24). The summed E-state index contributed by atoms with van der Waals surface area (Å²) in [6.07, 6.45) is 3.15. The molecule has 1 amide bonds. The van der Waals surface area contributed by atoms with Crippen molar-refractivity contribution < 1.29 is 19.0 Å². The average Bonchev–Trinajstić information content (AvgIpc) is 3.20. The largest absolute Gasteiger partial charge is 0.497 e. The molecule has 28 heavy (non-hydrogen) atoms. The number of benzene rings is 2. The Morgan fingerprint density at radius 1 is 1.04 bits per heavy atom. The van der Waals surface area contributed by atoms with Crippen LogP contribution in [0.4, 0.5) is 5.13 Å². The van der Waals surface area contributed by atoms with E-state index in [1.54, 1.807) is 39.5 Å². The summed E-state index contributed by atoms with van der Waals surface area (Å²) in [4.78, 5) is 16.7. The van der Waals surface area contributed by atoms with Gasteiger partial charge in [0.2, 0.25) is 5.91 Å². The van der Waals surface area contributed by atoms with Gasteiger partial charge >= 0.3 is 0 Å². The molecule has 0 saturated heterocycles. The van der Waals surface area contributed by atoms with Crippen molar-refractivity contribution in [3.63, 3.8) is 0 Å². The van der Waals surface area contributed by atoms with Crippen LogP contribution in [0, 0.1) is 0 Å². The fourth-order valence-electron chi connectivity index (χ4n) is 2.52. The number of methoxy groups -OCH3 is 3. The summed E-state index contributed by atoms with van der Waals surface area (Å²) in [6.45, 7) is 0. The summed E-state index contributed by atoms with van der Waals surface area (Å²) in [5.41, 5.74) is 2.53. The van der Waals surface area contributed by atoms with E-state index in [1.165, 1.54) is 17.4 Å². The van der Waals surface area contributed by atoms with E-state index in [1.807, 2.05) is 35.7 Å². The lowest BCUT2D eigenvalue weighted by Gasteiger charge is -2.07. The number of nitrogens with one attached hydrogen (secondary N) is 1. The topological polar surface area (TPSA) is 69.7 Å².